The van der Waals surface area contributed by atoms with Crippen LogP contribution in [0, 0.1) is 6.92 Å². The average molecular weight is 409 g/mol. The number of methoxy groups -OCH3 is 1. The zero-order valence-electron chi connectivity index (χ0n) is 17.9. The number of aromatic nitrogens is 2. The number of rotatable bonds is 8. The van der Waals surface area contributed by atoms with Crippen molar-refractivity contribution in [3.8, 4) is 5.75 Å². The number of para-hydroxylation sites is 1. The van der Waals surface area contributed by atoms with Gasteiger partial charge < -0.3 is 10.1 Å². The molecule has 1 aromatic carbocycles. The van der Waals surface area contributed by atoms with E-state index in [1.54, 1.807) is 41.8 Å². The molecule has 7 heteroatoms. The minimum absolute atomic E-state index is 0.0350. The molecule has 30 heavy (non-hydrogen) atoms. The summed E-state index contributed by atoms with van der Waals surface area (Å²) in [5.41, 5.74) is 2.83. The normalized spacial score (nSPS) is 10.8. The van der Waals surface area contributed by atoms with Gasteiger partial charge in [0.2, 0.25) is 5.91 Å². The van der Waals surface area contributed by atoms with Crippen LogP contribution in [0.1, 0.15) is 47.8 Å². The van der Waals surface area contributed by atoms with Crippen LogP contribution in [0.15, 0.2) is 42.6 Å². The molecule has 0 fully saturated rings. The summed E-state index contributed by atoms with van der Waals surface area (Å²) in [4.78, 5) is 31.4. The highest BCUT2D eigenvalue weighted by atomic mass is 16.5. The second kappa shape index (κ2) is 9.43. The van der Waals surface area contributed by atoms with Crippen LogP contribution in [-0.4, -0.2) is 35.4 Å². The van der Waals surface area contributed by atoms with Gasteiger partial charge >= 0.3 is 0 Å². The molecule has 0 atom stereocenters. The Labute approximate surface area is 176 Å². The third-order valence-corrected chi connectivity index (χ3v) is 5.09. The number of aryl methyl sites for hydroxylation is 1. The molecule has 0 saturated carbocycles. The first-order valence-electron chi connectivity index (χ1n) is 10.1. The topological polar surface area (TPSA) is 75.9 Å². The van der Waals surface area contributed by atoms with Gasteiger partial charge in [-0.05, 0) is 31.5 Å². The quantitative estimate of drug-likeness (QED) is 0.616. The molecule has 7 nitrogen and oxygen atoms in total. The van der Waals surface area contributed by atoms with Crippen molar-refractivity contribution in [3.63, 3.8) is 0 Å². The first-order chi connectivity index (χ1) is 14.5. The van der Waals surface area contributed by atoms with E-state index in [-0.39, 0.29) is 11.8 Å². The van der Waals surface area contributed by atoms with Crippen LogP contribution in [0.4, 0.5) is 5.82 Å². The third-order valence-electron chi connectivity index (χ3n) is 5.09. The molecule has 0 saturated heterocycles. The number of fused-ring (bicyclic) bond motifs is 1. The van der Waals surface area contributed by atoms with Gasteiger partial charge in [0.15, 0.2) is 0 Å². The fraction of sp³-hybridized carbons (Fsp3) is 0.348. The molecule has 2 amide bonds. The highest BCUT2D eigenvalue weighted by Gasteiger charge is 2.19. The second-order valence-electron chi connectivity index (χ2n) is 7.22. The Morgan fingerprint density at radius 2 is 1.97 bits per heavy atom. The molecule has 2 aromatic heterocycles. The highest BCUT2D eigenvalue weighted by Crippen LogP contribution is 2.23. The molecule has 0 spiro atoms. The van der Waals surface area contributed by atoms with Gasteiger partial charge in [-0.15, -0.1) is 0 Å². The van der Waals surface area contributed by atoms with Crippen LogP contribution in [0.3, 0.4) is 0 Å². The third kappa shape index (κ3) is 4.45. The Hall–Kier alpha value is -3.35. The second-order valence-corrected chi connectivity index (χ2v) is 7.22. The van der Waals surface area contributed by atoms with E-state index in [4.69, 9.17) is 4.74 Å². The lowest BCUT2D eigenvalue weighted by atomic mass is 10.2. The van der Waals surface area contributed by atoms with E-state index in [2.05, 4.69) is 17.2 Å². The molecule has 158 valence electrons. The van der Waals surface area contributed by atoms with Crippen LogP contribution in [0.5, 0.6) is 5.75 Å². The fourth-order valence-electron chi connectivity index (χ4n) is 3.43. The Morgan fingerprint density at radius 3 is 2.70 bits per heavy atom. The number of nitrogens with one attached hydrogen (secondary N) is 1. The van der Waals surface area contributed by atoms with Gasteiger partial charge in [0.25, 0.3) is 5.91 Å². The molecule has 2 heterocycles. The average Bonchev–Trinajstić information content (AvgIpc) is 3.10. The number of ether oxygens (including phenoxy) is 1. The van der Waals surface area contributed by atoms with Crippen molar-refractivity contribution in [2.24, 2.45) is 0 Å². The number of benzene rings is 1. The molecule has 3 rings (SSSR count). The van der Waals surface area contributed by atoms with Crippen LogP contribution < -0.4 is 15.0 Å². The zero-order chi connectivity index (χ0) is 21.7. The molecule has 1 N–H and O–H groups in total. The number of hydrogen-bond donors (Lipinski definition) is 1. The number of nitrogens with zero attached hydrogens (tertiary/aromatic N) is 3. The summed E-state index contributed by atoms with van der Waals surface area (Å²) in [6.45, 7) is 4.28. The SMILES string of the molecule is CCCCC(=O)N(C)c1c(C)nc2ccc(C(=O)NCc3ccccc3OC)cn12. The maximum Gasteiger partial charge on any atom is 0.253 e. The smallest absolute Gasteiger partial charge is 0.253 e. The number of anilines is 1. The van der Waals surface area contributed by atoms with E-state index in [1.807, 2.05) is 31.2 Å². The number of unbranched alkanes of at least 4 members (excludes halogenated alkanes) is 1. The number of hydrogen-bond acceptors (Lipinski definition) is 4. The lowest BCUT2D eigenvalue weighted by molar-refractivity contribution is -0.118. The van der Waals surface area contributed by atoms with Crippen LogP contribution in [-0.2, 0) is 11.3 Å². The largest absolute Gasteiger partial charge is 0.496 e. The fourth-order valence-corrected chi connectivity index (χ4v) is 3.43. The van der Waals surface area contributed by atoms with E-state index in [1.165, 1.54) is 0 Å². The predicted octanol–water partition coefficient (Wildman–Crippen LogP) is 3.73. The summed E-state index contributed by atoms with van der Waals surface area (Å²) in [5, 5.41) is 2.93. The number of carbonyl (C=O) groups is 2. The van der Waals surface area contributed by atoms with E-state index >= 15 is 0 Å². The summed E-state index contributed by atoms with van der Waals surface area (Å²) in [6.07, 6.45) is 4.02. The van der Waals surface area contributed by atoms with Crippen molar-refractivity contribution in [1.29, 1.82) is 0 Å². The van der Waals surface area contributed by atoms with Crippen molar-refractivity contribution >= 4 is 23.3 Å². The van der Waals surface area contributed by atoms with Gasteiger partial charge in [-0.3, -0.25) is 18.9 Å². The number of pyridine rings is 1. The van der Waals surface area contributed by atoms with E-state index in [0.29, 0.717) is 30.0 Å². The zero-order valence-corrected chi connectivity index (χ0v) is 17.9. The number of carbonyl (C=O) groups excluding carboxylic acids is 2. The van der Waals surface area contributed by atoms with Gasteiger partial charge in [0.1, 0.15) is 17.2 Å². The predicted molar refractivity (Wildman–Crippen MR) is 117 cm³/mol. The van der Waals surface area contributed by atoms with Crippen molar-refractivity contribution in [1.82, 2.24) is 14.7 Å². The molecule has 0 aliphatic rings. The van der Waals surface area contributed by atoms with Crippen molar-refractivity contribution in [2.45, 2.75) is 39.7 Å². The van der Waals surface area contributed by atoms with Gasteiger partial charge in [-0.1, -0.05) is 31.5 Å². The Kier molecular flexibility index (Phi) is 6.72. The van der Waals surface area contributed by atoms with E-state index in [0.717, 1.165) is 29.8 Å². The van der Waals surface area contributed by atoms with E-state index in [9.17, 15) is 9.59 Å². The summed E-state index contributed by atoms with van der Waals surface area (Å²) in [5.74, 6) is 1.24. The molecule has 0 unspecified atom stereocenters. The molecular formula is C23H28N4O3. The molecule has 0 aliphatic heterocycles. The maximum atomic E-state index is 12.8. The van der Waals surface area contributed by atoms with Crippen LogP contribution in [0.2, 0.25) is 0 Å². The molecule has 0 aliphatic carbocycles. The van der Waals surface area contributed by atoms with Crippen LogP contribution in [0.25, 0.3) is 5.65 Å². The summed E-state index contributed by atoms with van der Waals surface area (Å²) < 4.78 is 7.14. The minimum Gasteiger partial charge on any atom is -0.496 e. The molecular weight excluding hydrogens is 380 g/mol. The van der Waals surface area contributed by atoms with Crippen molar-refractivity contribution in [2.75, 3.05) is 19.1 Å². The Bertz CT molecular complexity index is 1060. The maximum absolute atomic E-state index is 12.8. The number of imidazole rings is 1. The van der Waals surface area contributed by atoms with Gasteiger partial charge in [-0.25, -0.2) is 4.98 Å². The summed E-state index contributed by atoms with van der Waals surface area (Å²) in [7, 11) is 3.36. The Morgan fingerprint density at radius 1 is 1.20 bits per heavy atom. The lowest BCUT2D eigenvalue weighted by Crippen LogP contribution is -2.28. The Balaban J connectivity index is 1.83. The first kappa shape index (κ1) is 21.4. The monoisotopic (exact) mass is 408 g/mol. The van der Waals surface area contributed by atoms with Gasteiger partial charge in [-0.2, -0.15) is 0 Å². The lowest BCUT2D eigenvalue weighted by Gasteiger charge is -2.18. The standard InChI is InChI=1S/C23H28N4O3/c1-5-6-11-21(28)26(3)23-16(2)25-20-13-12-18(15-27(20)23)22(29)24-14-17-9-7-8-10-19(17)30-4/h7-10,12-13,15H,5-6,11,14H2,1-4H3,(H,24,29). The van der Waals surface area contributed by atoms with E-state index < -0.39 is 0 Å². The van der Waals surface area contributed by atoms with Crippen LogP contribution >= 0.6 is 0 Å². The first-order valence-corrected chi connectivity index (χ1v) is 10.1. The minimum atomic E-state index is -0.208. The van der Waals surface area contributed by atoms with Gasteiger partial charge in [0.05, 0.1) is 18.4 Å². The molecule has 3 aromatic rings. The summed E-state index contributed by atoms with van der Waals surface area (Å²) >= 11 is 0. The van der Waals surface area contributed by atoms with Crippen molar-refractivity contribution < 1.29 is 14.3 Å². The van der Waals surface area contributed by atoms with Crippen molar-refractivity contribution in [3.05, 3.63) is 59.4 Å². The number of amides is 2. The molecule has 0 radical (unpaired) electrons. The van der Waals surface area contributed by atoms with Gasteiger partial charge in [0, 0.05) is 31.8 Å². The highest BCUT2D eigenvalue weighted by molar-refractivity contribution is 5.95. The summed E-state index contributed by atoms with van der Waals surface area (Å²) in [6, 6.07) is 11.1. The molecule has 0 bridgehead atoms.